The minimum absolute atomic E-state index is 0.331. The predicted molar refractivity (Wildman–Crippen MR) is 40.1 cm³/mol. The van der Waals surface area contributed by atoms with Crippen LogP contribution in [0.1, 0.15) is 13.8 Å². The number of allylic oxidation sites excluding steroid dienone is 1. The van der Waals surface area contributed by atoms with E-state index >= 15 is 0 Å². The van der Waals surface area contributed by atoms with E-state index in [2.05, 4.69) is 5.32 Å². The van der Waals surface area contributed by atoms with Crippen LogP contribution < -0.4 is 5.32 Å². The van der Waals surface area contributed by atoms with Crippen LogP contribution in [0.15, 0.2) is 11.6 Å². The molecule has 0 bridgehead atoms. The molecule has 0 saturated heterocycles. The van der Waals surface area contributed by atoms with Gasteiger partial charge in [0.25, 0.3) is 0 Å². The van der Waals surface area contributed by atoms with Crippen LogP contribution in [0.25, 0.3) is 0 Å². The number of hydrogen-bond acceptors (Lipinski definition) is 2. The minimum Gasteiger partial charge on any atom is -0.480 e. The van der Waals surface area contributed by atoms with Gasteiger partial charge >= 0.3 is 5.97 Å². The van der Waals surface area contributed by atoms with E-state index in [4.69, 9.17) is 5.11 Å². The van der Waals surface area contributed by atoms with Gasteiger partial charge in [-0.1, -0.05) is 5.57 Å². The molecule has 0 radical (unpaired) electrons. The van der Waals surface area contributed by atoms with E-state index in [0.29, 0.717) is 0 Å². The number of carboxylic acid groups (broad SMARTS) is 1. The smallest absolute Gasteiger partial charge is 0.322 e. The summed E-state index contributed by atoms with van der Waals surface area (Å²) >= 11 is 0. The highest BCUT2D eigenvalue weighted by Crippen LogP contribution is 1.86. The van der Waals surface area contributed by atoms with Crippen molar-refractivity contribution in [1.29, 1.82) is 0 Å². The van der Waals surface area contributed by atoms with Crippen LogP contribution in [0.2, 0.25) is 0 Å². The summed E-state index contributed by atoms with van der Waals surface area (Å²) < 4.78 is 0. The molecule has 0 rings (SSSR count). The lowest BCUT2D eigenvalue weighted by atomic mass is 10.3. The quantitative estimate of drug-likeness (QED) is 0.351. The Labute approximate surface area is 64.9 Å². The van der Waals surface area contributed by atoms with Crippen LogP contribution in [0.3, 0.4) is 0 Å². The van der Waals surface area contributed by atoms with Crippen LogP contribution in [0.4, 0.5) is 0 Å². The van der Waals surface area contributed by atoms with Gasteiger partial charge in [-0.25, -0.2) is 0 Å². The van der Waals surface area contributed by atoms with Crippen molar-refractivity contribution in [3.63, 3.8) is 0 Å². The molecule has 0 aromatic carbocycles. The Morgan fingerprint density at radius 1 is 1.45 bits per heavy atom. The number of carbonyl (C=O) groups is 2. The second-order valence-corrected chi connectivity index (χ2v) is 2.33. The van der Waals surface area contributed by atoms with Gasteiger partial charge in [0.15, 0.2) is 0 Å². The summed E-state index contributed by atoms with van der Waals surface area (Å²) in [6.07, 6.45) is 1.35. The van der Waals surface area contributed by atoms with Gasteiger partial charge in [0.05, 0.1) is 0 Å². The molecular weight excluding hydrogens is 149 g/mol. The molecule has 2 N–H and O–H groups in total. The van der Waals surface area contributed by atoms with E-state index < -0.39 is 5.97 Å². The van der Waals surface area contributed by atoms with Crippen LogP contribution in [-0.2, 0) is 9.59 Å². The SMILES string of the molecule is CC(C)=CC(=O)[15NH][13CH2][13C](=O)O. The first kappa shape index (κ1) is 9.68. The van der Waals surface area contributed by atoms with Gasteiger partial charge in [-0.05, 0) is 13.8 Å². The van der Waals surface area contributed by atoms with Crippen molar-refractivity contribution in [1.82, 2.24) is 5.32 Å². The number of carboxylic acids is 1. The number of amides is 1. The Morgan fingerprint density at radius 3 is 2.36 bits per heavy atom. The maximum absolute atomic E-state index is 10.7. The van der Waals surface area contributed by atoms with Crippen LogP contribution in [0.5, 0.6) is 0 Å². The van der Waals surface area contributed by atoms with Crippen molar-refractivity contribution in [3.8, 4) is 0 Å². The van der Waals surface area contributed by atoms with E-state index in [-0.39, 0.29) is 12.5 Å². The molecule has 11 heavy (non-hydrogen) atoms. The Bertz CT molecular complexity index is 192. The predicted octanol–water partition coefficient (Wildman–Crippen LogP) is 0.153. The number of hydrogen-bond donors (Lipinski definition) is 2. The van der Waals surface area contributed by atoms with Crippen molar-refractivity contribution in [2.24, 2.45) is 0 Å². The molecule has 0 spiro atoms. The lowest BCUT2D eigenvalue weighted by molar-refractivity contribution is -0.137. The highest BCUT2D eigenvalue weighted by molar-refractivity contribution is 5.90. The molecule has 62 valence electrons. The molecule has 4 heteroatoms. The van der Waals surface area contributed by atoms with Crippen LogP contribution in [0, 0.1) is 0 Å². The molecule has 1 amide bonds. The van der Waals surface area contributed by atoms with Gasteiger partial charge in [0, 0.05) is 6.08 Å². The van der Waals surface area contributed by atoms with Crippen LogP contribution in [-0.4, -0.2) is 23.5 Å². The molecule has 0 aromatic heterocycles. The van der Waals surface area contributed by atoms with Crippen LogP contribution >= 0.6 is 0 Å². The third-order valence-corrected chi connectivity index (χ3v) is 0.834. The molecule has 0 heterocycles. The van der Waals surface area contributed by atoms with Gasteiger partial charge in [0.2, 0.25) is 5.91 Å². The number of nitrogens with one attached hydrogen (secondary N) is 1. The summed E-state index contributed by atoms with van der Waals surface area (Å²) in [6.45, 7) is 3.20. The molecular formula is C7H11NO3. The van der Waals surface area contributed by atoms with Crippen molar-refractivity contribution >= 4 is 11.9 Å². The maximum Gasteiger partial charge on any atom is 0.322 e. The Kier molecular flexibility index (Phi) is 3.95. The summed E-state index contributed by atoms with van der Waals surface area (Å²) in [6, 6.07) is 0. The van der Waals surface area contributed by atoms with Gasteiger partial charge < -0.3 is 10.4 Å². The zero-order valence-electron chi connectivity index (χ0n) is 6.55. The third kappa shape index (κ3) is 6.57. The van der Waals surface area contributed by atoms with Crippen molar-refractivity contribution < 1.29 is 14.7 Å². The van der Waals surface area contributed by atoms with E-state index in [9.17, 15) is 9.59 Å². The lowest BCUT2D eigenvalue weighted by Crippen LogP contribution is -2.27. The summed E-state index contributed by atoms with van der Waals surface area (Å²) in [7, 11) is 0. The van der Waals surface area contributed by atoms with Crippen molar-refractivity contribution in [3.05, 3.63) is 11.6 Å². The van der Waals surface area contributed by atoms with Crippen molar-refractivity contribution in [2.75, 3.05) is 6.54 Å². The normalized spacial score (nSPS) is 8.55. The van der Waals surface area contributed by atoms with Gasteiger partial charge in [0.1, 0.15) is 6.54 Å². The molecule has 0 atom stereocenters. The fraction of sp³-hybridized carbons (Fsp3) is 0.429. The molecule has 0 aromatic rings. The summed E-state index contributed by atoms with van der Waals surface area (Å²) in [5, 5.41) is 10.4. The first-order chi connectivity index (χ1) is 5.02. The van der Waals surface area contributed by atoms with E-state index in [1.165, 1.54) is 6.08 Å². The lowest BCUT2D eigenvalue weighted by Gasteiger charge is -1.96. The average Bonchev–Trinajstić information content (AvgIpc) is 1.82. The molecule has 4 nitrogen and oxygen atoms in total. The average molecular weight is 160 g/mol. The molecule has 0 aliphatic rings. The first-order valence-electron chi connectivity index (χ1n) is 3.17. The zero-order valence-corrected chi connectivity index (χ0v) is 6.55. The fourth-order valence-corrected chi connectivity index (χ4v) is 0.476. The van der Waals surface area contributed by atoms with Crippen molar-refractivity contribution in [2.45, 2.75) is 13.8 Å². The minimum atomic E-state index is -1.04. The maximum atomic E-state index is 10.7. The molecule has 0 unspecified atom stereocenters. The molecule has 0 fully saturated rings. The summed E-state index contributed by atoms with van der Waals surface area (Å²) in [4.78, 5) is 20.7. The molecule has 0 aliphatic heterocycles. The Balaban J connectivity index is 3.71. The van der Waals surface area contributed by atoms with Gasteiger partial charge in [-0.15, -0.1) is 0 Å². The number of rotatable bonds is 3. The Hall–Kier alpha value is -1.32. The molecule has 0 aliphatic carbocycles. The highest BCUT2D eigenvalue weighted by atomic mass is 16.5. The summed E-state index contributed by atoms with van der Waals surface area (Å²) in [5.41, 5.74) is 0.841. The second-order valence-electron chi connectivity index (χ2n) is 2.33. The second kappa shape index (κ2) is 4.49. The van der Waals surface area contributed by atoms with E-state index in [1.54, 1.807) is 13.8 Å². The summed E-state index contributed by atoms with van der Waals surface area (Å²) in [5.74, 6) is -1.41. The fourth-order valence-electron chi connectivity index (χ4n) is 0.476. The number of carbonyl (C=O) groups excluding carboxylic acids is 1. The number of aliphatic carboxylic acids is 1. The highest BCUT2D eigenvalue weighted by Gasteiger charge is 1.98. The van der Waals surface area contributed by atoms with Gasteiger partial charge in [-0.3, -0.25) is 9.59 Å². The first-order valence-corrected chi connectivity index (χ1v) is 3.17. The largest absolute Gasteiger partial charge is 0.480 e. The monoisotopic (exact) mass is 160 g/mol. The third-order valence-electron chi connectivity index (χ3n) is 0.834. The van der Waals surface area contributed by atoms with E-state index in [0.717, 1.165) is 5.57 Å². The van der Waals surface area contributed by atoms with E-state index in [1.807, 2.05) is 0 Å². The topological polar surface area (TPSA) is 66.4 Å². The van der Waals surface area contributed by atoms with Gasteiger partial charge in [-0.2, -0.15) is 0 Å². The Morgan fingerprint density at radius 2 is 2.00 bits per heavy atom. The standard InChI is InChI=1S/C7H11NO3/c1-5(2)3-6(9)8-4-7(10)11/h3H,4H2,1-2H3,(H,8,9)(H,10,11)/i4+1,7+1,8+1. The zero-order chi connectivity index (χ0) is 8.85. The molecule has 0 saturated carbocycles.